The fraction of sp³-hybridized carbons (Fsp3) is 0.136. The molecule has 0 aliphatic heterocycles. The Hall–Kier alpha value is -2.74. The molecule has 158 valence electrons. The summed E-state index contributed by atoms with van der Waals surface area (Å²) in [7, 11) is 0. The summed E-state index contributed by atoms with van der Waals surface area (Å²) < 4.78 is 14.9. The average molecular weight is 475 g/mol. The standard InChI is InChI=1S/C22H17Cl2FN4OS/c1-13-27-22(14-3-6-17(25)7-4-14)19(31-13)11-21(30)28-20-8-9-26-29(20)12-15-2-5-16(23)10-18(15)24/h2-10H,11-12H2,1H3,(H,28,30). The number of aromatic nitrogens is 3. The number of rotatable bonds is 6. The number of carbonyl (C=O) groups is 1. The molecule has 2 aromatic heterocycles. The van der Waals surface area contributed by atoms with E-state index < -0.39 is 0 Å². The van der Waals surface area contributed by atoms with Gasteiger partial charge in [0, 0.05) is 26.6 Å². The number of nitrogens with one attached hydrogen (secondary N) is 1. The summed E-state index contributed by atoms with van der Waals surface area (Å²) in [6.07, 6.45) is 1.76. The molecule has 1 amide bonds. The van der Waals surface area contributed by atoms with Crippen LogP contribution in [0.4, 0.5) is 10.2 Å². The predicted molar refractivity (Wildman–Crippen MR) is 122 cm³/mol. The largest absolute Gasteiger partial charge is 0.311 e. The van der Waals surface area contributed by atoms with Crippen LogP contribution in [-0.2, 0) is 17.8 Å². The topological polar surface area (TPSA) is 59.8 Å². The molecule has 0 atom stereocenters. The number of hydrogen-bond donors (Lipinski definition) is 1. The molecule has 9 heteroatoms. The van der Waals surface area contributed by atoms with E-state index in [1.54, 1.807) is 41.2 Å². The number of carbonyl (C=O) groups excluding carboxylic acids is 1. The number of benzene rings is 2. The van der Waals surface area contributed by atoms with E-state index in [9.17, 15) is 9.18 Å². The fourth-order valence-corrected chi connectivity index (χ4v) is 4.56. The molecule has 0 aliphatic rings. The van der Waals surface area contributed by atoms with Gasteiger partial charge in [-0.05, 0) is 48.9 Å². The maximum absolute atomic E-state index is 13.3. The van der Waals surface area contributed by atoms with E-state index in [1.807, 2.05) is 13.0 Å². The molecule has 2 heterocycles. The normalized spacial score (nSPS) is 11.0. The van der Waals surface area contributed by atoms with Gasteiger partial charge in [-0.1, -0.05) is 29.3 Å². The van der Waals surface area contributed by atoms with Crippen LogP contribution in [0, 0.1) is 12.7 Å². The van der Waals surface area contributed by atoms with Gasteiger partial charge in [0.1, 0.15) is 11.6 Å². The first kappa shape index (κ1) is 21.5. The van der Waals surface area contributed by atoms with Crippen molar-refractivity contribution in [2.45, 2.75) is 19.9 Å². The first-order chi connectivity index (χ1) is 14.9. The highest BCUT2D eigenvalue weighted by atomic mass is 35.5. The lowest BCUT2D eigenvalue weighted by Crippen LogP contribution is -2.18. The number of anilines is 1. The summed E-state index contributed by atoms with van der Waals surface area (Å²) in [5, 5.41) is 9.10. The van der Waals surface area contributed by atoms with E-state index in [1.165, 1.54) is 23.5 Å². The maximum atomic E-state index is 13.3. The van der Waals surface area contributed by atoms with Gasteiger partial charge in [-0.15, -0.1) is 11.3 Å². The summed E-state index contributed by atoms with van der Waals surface area (Å²) in [4.78, 5) is 18.1. The number of thiazole rings is 1. The third-order valence-electron chi connectivity index (χ3n) is 4.56. The minimum atomic E-state index is -0.316. The van der Waals surface area contributed by atoms with Gasteiger partial charge in [-0.25, -0.2) is 14.1 Å². The Morgan fingerprint density at radius 1 is 1.16 bits per heavy atom. The van der Waals surface area contributed by atoms with Crippen LogP contribution in [0.15, 0.2) is 54.7 Å². The van der Waals surface area contributed by atoms with Crippen LogP contribution in [-0.4, -0.2) is 20.7 Å². The monoisotopic (exact) mass is 474 g/mol. The summed E-state index contributed by atoms with van der Waals surface area (Å²) in [5.41, 5.74) is 2.30. The lowest BCUT2D eigenvalue weighted by atomic mass is 10.1. The molecule has 5 nitrogen and oxygen atoms in total. The zero-order valence-corrected chi connectivity index (χ0v) is 18.7. The minimum Gasteiger partial charge on any atom is -0.311 e. The van der Waals surface area contributed by atoms with Gasteiger partial charge < -0.3 is 5.32 Å². The van der Waals surface area contributed by atoms with E-state index in [-0.39, 0.29) is 18.1 Å². The molecular weight excluding hydrogens is 458 g/mol. The van der Waals surface area contributed by atoms with Gasteiger partial charge in [-0.2, -0.15) is 5.10 Å². The highest BCUT2D eigenvalue weighted by molar-refractivity contribution is 7.12. The highest BCUT2D eigenvalue weighted by Gasteiger charge is 2.16. The van der Waals surface area contributed by atoms with Crippen molar-refractivity contribution in [2.75, 3.05) is 5.32 Å². The van der Waals surface area contributed by atoms with E-state index in [4.69, 9.17) is 23.2 Å². The Kier molecular flexibility index (Phi) is 6.36. The SMILES string of the molecule is Cc1nc(-c2ccc(F)cc2)c(CC(=O)Nc2ccnn2Cc2ccc(Cl)cc2Cl)s1. The van der Waals surface area contributed by atoms with Crippen molar-refractivity contribution in [1.29, 1.82) is 0 Å². The van der Waals surface area contributed by atoms with Crippen LogP contribution in [0.1, 0.15) is 15.4 Å². The zero-order valence-electron chi connectivity index (χ0n) is 16.4. The molecule has 2 aromatic carbocycles. The molecule has 0 bridgehead atoms. The predicted octanol–water partition coefficient (Wildman–Crippen LogP) is 5.99. The van der Waals surface area contributed by atoms with Gasteiger partial charge in [0.15, 0.2) is 0 Å². The molecule has 0 unspecified atom stereocenters. The van der Waals surface area contributed by atoms with Crippen molar-refractivity contribution in [3.05, 3.63) is 86.0 Å². The zero-order chi connectivity index (χ0) is 22.0. The van der Waals surface area contributed by atoms with Crippen LogP contribution >= 0.6 is 34.5 Å². The Labute approximate surface area is 192 Å². The lowest BCUT2D eigenvalue weighted by Gasteiger charge is -2.10. The summed E-state index contributed by atoms with van der Waals surface area (Å²) in [6.45, 7) is 2.27. The van der Waals surface area contributed by atoms with Crippen molar-refractivity contribution < 1.29 is 9.18 Å². The quantitative estimate of drug-likeness (QED) is 0.373. The van der Waals surface area contributed by atoms with E-state index >= 15 is 0 Å². The van der Waals surface area contributed by atoms with Gasteiger partial charge in [0.05, 0.1) is 29.9 Å². The van der Waals surface area contributed by atoms with Crippen molar-refractivity contribution >= 4 is 46.3 Å². The van der Waals surface area contributed by atoms with Crippen LogP contribution in [0.25, 0.3) is 11.3 Å². The molecule has 0 fully saturated rings. The molecule has 1 N–H and O–H groups in total. The van der Waals surface area contributed by atoms with E-state index in [0.29, 0.717) is 28.1 Å². The molecule has 0 saturated heterocycles. The second-order valence-electron chi connectivity index (χ2n) is 6.85. The molecular formula is C22H17Cl2FN4OS. The van der Waals surface area contributed by atoms with Crippen molar-refractivity contribution in [2.24, 2.45) is 0 Å². The smallest absolute Gasteiger partial charge is 0.230 e. The van der Waals surface area contributed by atoms with Gasteiger partial charge in [-0.3, -0.25) is 4.79 Å². The maximum Gasteiger partial charge on any atom is 0.230 e. The first-order valence-corrected chi connectivity index (χ1v) is 10.9. The average Bonchev–Trinajstić information content (AvgIpc) is 3.30. The second-order valence-corrected chi connectivity index (χ2v) is 8.98. The summed E-state index contributed by atoms with van der Waals surface area (Å²) in [6, 6.07) is 13.1. The third-order valence-corrected chi connectivity index (χ3v) is 6.12. The van der Waals surface area contributed by atoms with Crippen LogP contribution < -0.4 is 5.32 Å². The van der Waals surface area contributed by atoms with E-state index in [0.717, 1.165) is 21.0 Å². The Bertz CT molecular complexity index is 1240. The molecule has 31 heavy (non-hydrogen) atoms. The molecule has 4 aromatic rings. The fourth-order valence-electron chi connectivity index (χ4n) is 3.13. The Balaban J connectivity index is 1.50. The molecule has 0 aliphatic carbocycles. The Morgan fingerprint density at radius 3 is 2.68 bits per heavy atom. The number of hydrogen-bond acceptors (Lipinski definition) is 4. The summed E-state index contributed by atoms with van der Waals surface area (Å²) in [5.74, 6) is 0.0422. The van der Waals surface area contributed by atoms with Crippen LogP contribution in [0.2, 0.25) is 10.0 Å². The highest BCUT2D eigenvalue weighted by Crippen LogP contribution is 2.29. The molecule has 0 spiro atoms. The molecule has 4 rings (SSSR count). The molecule has 0 saturated carbocycles. The minimum absolute atomic E-state index is 0.144. The third kappa shape index (κ3) is 5.12. The van der Waals surface area contributed by atoms with E-state index in [2.05, 4.69) is 15.4 Å². The van der Waals surface area contributed by atoms with Crippen molar-refractivity contribution in [1.82, 2.24) is 14.8 Å². The Morgan fingerprint density at radius 2 is 1.94 bits per heavy atom. The van der Waals surface area contributed by atoms with Gasteiger partial charge in [0.25, 0.3) is 0 Å². The van der Waals surface area contributed by atoms with Crippen LogP contribution in [0.5, 0.6) is 0 Å². The van der Waals surface area contributed by atoms with Crippen molar-refractivity contribution in [3.8, 4) is 11.3 Å². The van der Waals surface area contributed by atoms with Gasteiger partial charge >= 0.3 is 0 Å². The number of nitrogens with zero attached hydrogens (tertiary/aromatic N) is 3. The van der Waals surface area contributed by atoms with Crippen LogP contribution in [0.3, 0.4) is 0 Å². The number of aryl methyl sites for hydroxylation is 1. The summed E-state index contributed by atoms with van der Waals surface area (Å²) >= 11 is 13.7. The molecule has 0 radical (unpaired) electrons. The first-order valence-electron chi connectivity index (χ1n) is 9.37. The number of halogens is 3. The number of amides is 1. The second kappa shape index (κ2) is 9.18. The van der Waals surface area contributed by atoms with Crippen molar-refractivity contribution in [3.63, 3.8) is 0 Å². The van der Waals surface area contributed by atoms with Gasteiger partial charge in [0.2, 0.25) is 5.91 Å². The lowest BCUT2D eigenvalue weighted by molar-refractivity contribution is -0.115.